The van der Waals surface area contributed by atoms with Crippen LogP contribution in [0.5, 0.6) is 0 Å². The van der Waals surface area contributed by atoms with E-state index in [1.165, 1.54) is 18.2 Å². The molecule has 0 radical (unpaired) electrons. The number of anilines is 2. The lowest BCUT2D eigenvalue weighted by molar-refractivity contribution is -0.117. The van der Waals surface area contributed by atoms with Gasteiger partial charge in [-0.1, -0.05) is 17.7 Å². The smallest absolute Gasteiger partial charge is 0.255 e. The van der Waals surface area contributed by atoms with E-state index >= 15 is 0 Å². The first-order chi connectivity index (χ1) is 11.0. The lowest BCUT2D eigenvalue weighted by Gasteiger charge is -2.10. The standard InChI is InChI=1S/C18H17FN2O2/c1-11-2-4-12(5-3-11)17(22)20-14-8-9-15(19)16(10-14)21-18(23)13-6-7-13/h2-5,8-10,13H,6-7H2,1H3,(H,20,22)(H,21,23). The molecular formula is C18H17FN2O2. The van der Waals surface area contributed by atoms with E-state index in [4.69, 9.17) is 0 Å². The summed E-state index contributed by atoms with van der Waals surface area (Å²) in [6.07, 6.45) is 1.69. The van der Waals surface area contributed by atoms with Crippen LogP contribution in [0.15, 0.2) is 42.5 Å². The molecule has 23 heavy (non-hydrogen) atoms. The fraction of sp³-hybridized carbons (Fsp3) is 0.222. The molecule has 118 valence electrons. The molecule has 0 atom stereocenters. The Balaban J connectivity index is 1.73. The van der Waals surface area contributed by atoms with Crippen molar-refractivity contribution >= 4 is 23.2 Å². The summed E-state index contributed by atoms with van der Waals surface area (Å²) < 4.78 is 13.8. The van der Waals surface area contributed by atoms with Gasteiger partial charge in [-0.05, 0) is 50.1 Å². The molecule has 1 aliphatic carbocycles. The summed E-state index contributed by atoms with van der Waals surface area (Å²) in [6.45, 7) is 1.94. The minimum atomic E-state index is -0.521. The number of hydrogen-bond donors (Lipinski definition) is 2. The molecule has 0 spiro atoms. The highest BCUT2D eigenvalue weighted by molar-refractivity contribution is 6.04. The van der Waals surface area contributed by atoms with Crippen LogP contribution in [0.2, 0.25) is 0 Å². The monoisotopic (exact) mass is 312 g/mol. The van der Waals surface area contributed by atoms with E-state index < -0.39 is 5.82 Å². The minimum absolute atomic E-state index is 0.0137. The average Bonchev–Trinajstić information content (AvgIpc) is 3.36. The van der Waals surface area contributed by atoms with Crippen molar-refractivity contribution in [3.8, 4) is 0 Å². The summed E-state index contributed by atoms with van der Waals surface area (Å²) in [5.74, 6) is -0.991. The van der Waals surface area contributed by atoms with Gasteiger partial charge in [0.25, 0.3) is 5.91 Å². The highest BCUT2D eigenvalue weighted by Crippen LogP contribution is 2.31. The van der Waals surface area contributed by atoms with Crippen molar-refractivity contribution in [2.75, 3.05) is 10.6 Å². The Bertz CT molecular complexity index is 752. The number of carbonyl (C=O) groups excluding carboxylic acids is 2. The fourth-order valence-electron chi connectivity index (χ4n) is 2.19. The van der Waals surface area contributed by atoms with Crippen LogP contribution in [-0.2, 0) is 4.79 Å². The zero-order chi connectivity index (χ0) is 16.4. The summed E-state index contributed by atoms with van der Waals surface area (Å²) in [5.41, 5.74) is 2.10. The predicted octanol–water partition coefficient (Wildman–Crippen LogP) is 3.73. The second kappa shape index (κ2) is 6.20. The van der Waals surface area contributed by atoms with Crippen molar-refractivity contribution in [2.45, 2.75) is 19.8 Å². The zero-order valence-electron chi connectivity index (χ0n) is 12.7. The Morgan fingerprint density at radius 1 is 1.04 bits per heavy atom. The molecule has 1 saturated carbocycles. The van der Waals surface area contributed by atoms with Crippen LogP contribution in [0.3, 0.4) is 0 Å². The van der Waals surface area contributed by atoms with Crippen molar-refractivity contribution < 1.29 is 14.0 Å². The Morgan fingerprint density at radius 2 is 1.74 bits per heavy atom. The van der Waals surface area contributed by atoms with Gasteiger partial charge in [0.15, 0.2) is 0 Å². The lowest BCUT2D eigenvalue weighted by atomic mass is 10.1. The van der Waals surface area contributed by atoms with Crippen molar-refractivity contribution in [1.82, 2.24) is 0 Å². The lowest BCUT2D eigenvalue weighted by Crippen LogP contribution is -2.16. The van der Waals surface area contributed by atoms with Gasteiger partial charge in [-0.15, -0.1) is 0 Å². The number of rotatable bonds is 4. The summed E-state index contributed by atoms with van der Waals surface area (Å²) >= 11 is 0. The molecule has 3 rings (SSSR count). The van der Waals surface area contributed by atoms with Gasteiger partial charge in [0.05, 0.1) is 5.69 Å². The van der Waals surface area contributed by atoms with E-state index in [1.807, 2.05) is 19.1 Å². The Hall–Kier alpha value is -2.69. The van der Waals surface area contributed by atoms with Gasteiger partial charge >= 0.3 is 0 Å². The van der Waals surface area contributed by atoms with Gasteiger partial charge in [-0.25, -0.2) is 4.39 Å². The molecule has 2 N–H and O–H groups in total. The number of benzene rings is 2. The molecule has 0 aromatic heterocycles. The molecule has 2 aromatic carbocycles. The Morgan fingerprint density at radius 3 is 2.39 bits per heavy atom. The van der Waals surface area contributed by atoms with Crippen LogP contribution >= 0.6 is 0 Å². The molecule has 0 saturated heterocycles. The fourth-order valence-corrected chi connectivity index (χ4v) is 2.19. The van der Waals surface area contributed by atoms with E-state index in [-0.39, 0.29) is 23.4 Å². The molecule has 0 bridgehead atoms. The summed E-state index contributed by atoms with van der Waals surface area (Å²) in [4.78, 5) is 23.9. The van der Waals surface area contributed by atoms with Gasteiger partial charge in [0.1, 0.15) is 5.82 Å². The van der Waals surface area contributed by atoms with Crippen LogP contribution in [0, 0.1) is 18.7 Å². The largest absolute Gasteiger partial charge is 0.323 e. The number of halogens is 1. The molecule has 2 aromatic rings. The normalized spacial score (nSPS) is 13.5. The van der Waals surface area contributed by atoms with Gasteiger partial charge in [0, 0.05) is 17.2 Å². The maximum absolute atomic E-state index is 13.8. The first-order valence-corrected chi connectivity index (χ1v) is 7.51. The van der Waals surface area contributed by atoms with E-state index in [1.54, 1.807) is 12.1 Å². The van der Waals surface area contributed by atoms with Crippen LogP contribution < -0.4 is 10.6 Å². The van der Waals surface area contributed by atoms with E-state index in [0.29, 0.717) is 11.3 Å². The number of nitrogens with one attached hydrogen (secondary N) is 2. The molecule has 1 aliphatic rings. The number of hydrogen-bond acceptors (Lipinski definition) is 2. The molecule has 2 amide bonds. The van der Waals surface area contributed by atoms with Gasteiger partial charge in [-0.2, -0.15) is 0 Å². The number of carbonyl (C=O) groups is 2. The van der Waals surface area contributed by atoms with Crippen LogP contribution in [0.4, 0.5) is 15.8 Å². The number of amides is 2. The third-order valence-electron chi connectivity index (χ3n) is 3.74. The van der Waals surface area contributed by atoms with Crippen LogP contribution in [0.25, 0.3) is 0 Å². The molecule has 1 fully saturated rings. The van der Waals surface area contributed by atoms with E-state index in [2.05, 4.69) is 10.6 Å². The van der Waals surface area contributed by atoms with Crippen molar-refractivity contribution in [3.05, 3.63) is 59.4 Å². The van der Waals surface area contributed by atoms with Crippen molar-refractivity contribution in [2.24, 2.45) is 5.92 Å². The van der Waals surface area contributed by atoms with E-state index in [0.717, 1.165) is 18.4 Å². The van der Waals surface area contributed by atoms with Crippen LogP contribution in [-0.4, -0.2) is 11.8 Å². The van der Waals surface area contributed by atoms with Gasteiger partial charge in [0.2, 0.25) is 5.91 Å². The number of aryl methyl sites for hydroxylation is 1. The second-order valence-corrected chi connectivity index (χ2v) is 5.78. The molecule has 0 heterocycles. The topological polar surface area (TPSA) is 58.2 Å². The third kappa shape index (κ3) is 3.74. The first kappa shape index (κ1) is 15.2. The van der Waals surface area contributed by atoms with Crippen LogP contribution in [0.1, 0.15) is 28.8 Å². The highest BCUT2D eigenvalue weighted by Gasteiger charge is 2.30. The second-order valence-electron chi connectivity index (χ2n) is 5.78. The maximum Gasteiger partial charge on any atom is 0.255 e. The molecular weight excluding hydrogens is 295 g/mol. The minimum Gasteiger partial charge on any atom is -0.323 e. The SMILES string of the molecule is Cc1ccc(C(=O)Nc2ccc(F)c(NC(=O)C3CC3)c2)cc1. The molecule has 0 aliphatic heterocycles. The average molecular weight is 312 g/mol. The zero-order valence-corrected chi connectivity index (χ0v) is 12.7. The highest BCUT2D eigenvalue weighted by atomic mass is 19.1. The Kier molecular flexibility index (Phi) is 4.10. The van der Waals surface area contributed by atoms with Gasteiger partial charge < -0.3 is 10.6 Å². The predicted molar refractivity (Wildman–Crippen MR) is 86.9 cm³/mol. The first-order valence-electron chi connectivity index (χ1n) is 7.51. The van der Waals surface area contributed by atoms with E-state index in [9.17, 15) is 14.0 Å². The van der Waals surface area contributed by atoms with Gasteiger partial charge in [-0.3, -0.25) is 9.59 Å². The maximum atomic E-state index is 13.8. The molecule has 4 nitrogen and oxygen atoms in total. The molecule has 0 unspecified atom stereocenters. The summed E-state index contributed by atoms with van der Waals surface area (Å²) in [7, 11) is 0. The third-order valence-corrected chi connectivity index (χ3v) is 3.74. The summed E-state index contributed by atoms with van der Waals surface area (Å²) in [5, 5.41) is 5.27. The molecule has 5 heteroatoms. The van der Waals surface area contributed by atoms with Crippen molar-refractivity contribution in [3.63, 3.8) is 0 Å². The van der Waals surface area contributed by atoms with Crippen molar-refractivity contribution in [1.29, 1.82) is 0 Å². The summed E-state index contributed by atoms with van der Waals surface area (Å²) in [6, 6.07) is 11.3. The Labute approximate surface area is 133 Å². The quantitative estimate of drug-likeness (QED) is 0.903.